The van der Waals surface area contributed by atoms with Crippen LogP contribution in [0.5, 0.6) is 0 Å². The molecule has 2 nitrogen and oxygen atoms in total. The molecule has 0 saturated heterocycles. The van der Waals surface area contributed by atoms with Gasteiger partial charge in [-0.15, -0.1) is 11.3 Å². The van der Waals surface area contributed by atoms with Crippen molar-refractivity contribution in [2.75, 3.05) is 11.4 Å². The van der Waals surface area contributed by atoms with E-state index in [2.05, 4.69) is 63.5 Å². The van der Waals surface area contributed by atoms with E-state index in [1.165, 1.54) is 10.6 Å². The highest BCUT2D eigenvalue weighted by molar-refractivity contribution is 9.10. The third kappa shape index (κ3) is 3.59. The number of hydrogen-bond donors (Lipinski definition) is 1. The average Bonchev–Trinajstić information content (AvgIpc) is 2.88. The van der Waals surface area contributed by atoms with Gasteiger partial charge in [0.1, 0.15) is 0 Å². The van der Waals surface area contributed by atoms with Gasteiger partial charge in [0.05, 0.1) is 6.54 Å². The summed E-state index contributed by atoms with van der Waals surface area (Å²) in [6.07, 6.45) is 0. The normalized spacial score (nSPS) is 12.4. The van der Waals surface area contributed by atoms with Gasteiger partial charge in [0.25, 0.3) is 0 Å². The van der Waals surface area contributed by atoms with Gasteiger partial charge < -0.3 is 10.6 Å². The Morgan fingerprint density at radius 3 is 2.68 bits per heavy atom. The number of benzene rings is 1. The van der Waals surface area contributed by atoms with Crippen molar-refractivity contribution in [3.05, 3.63) is 50.6 Å². The summed E-state index contributed by atoms with van der Waals surface area (Å²) in [5.74, 6) is 0. The predicted octanol–water partition coefficient (Wildman–Crippen LogP) is 4.56. The number of anilines is 1. The molecule has 0 amide bonds. The van der Waals surface area contributed by atoms with Crippen LogP contribution in [0, 0.1) is 0 Å². The fraction of sp³-hybridized carbons (Fsp3) is 0.333. The van der Waals surface area contributed by atoms with Gasteiger partial charge in [0.2, 0.25) is 0 Å². The molecule has 2 N–H and O–H groups in total. The molecule has 0 aliphatic heterocycles. The molecule has 4 heteroatoms. The maximum absolute atomic E-state index is 5.94. The number of rotatable bonds is 5. The van der Waals surface area contributed by atoms with Gasteiger partial charge >= 0.3 is 0 Å². The lowest BCUT2D eigenvalue weighted by Gasteiger charge is -2.23. The molecule has 1 heterocycles. The van der Waals surface area contributed by atoms with E-state index in [-0.39, 0.29) is 6.04 Å². The Hall–Kier alpha value is -0.840. The van der Waals surface area contributed by atoms with Gasteiger partial charge in [-0.2, -0.15) is 0 Å². The Bertz CT molecular complexity index is 523. The van der Waals surface area contributed by atoms with E-state index in [0.29, 0.717) is 0 Å². The third-order valence-electron chi connectivity index (χ3n) is 3.15. The summed E-state index contributed by atoms with van der Waals surface area (Å²) in [5.41, 5.74) is 8.32. The first-order chi connectivity index (χ1) is 9.11. The second-order valence-electron chi connectivity index (χ2n) is 4.59. The fourth-order valence-corrected chi connectivity index (χ4v) is 3.51. The molecule has 0 bridgehead atoms. The lowest BCUT2D eigenvalue weighted by atomic mass is 10.1. The van der Waals surface area contributed by atoms with E-state index in [4.69, 9.17) is 5.73 Å². The molecule has 2 rings (SSSR count). The number of nitrogens with two attached hydrogens (primary N) is 1. The fourth-order valence-electron chi connectivity index (χ4n) is 2.06. The summed E-state index contributed by atoms with van der Waals surface area (Å²) in [4.78, 5) is 3.75. The van der Waals surface area contributed by atoms with E-state index in [1.54, 1.807) is 11.3 Å². The summed E-state index contributed by atoms with van der Waals surface area (Å²) in [6, 6.07) is 10.8. The van der Waals surface area contributed by atoms with Crippen LogP contribution in [0.2, 0.25) is 0 Å². The zero-order valence-corrected chi connectivity index (χ0v) is 13.7. The highest BCUT2D eigenvalue weighted by Gasteiger charge is 2.10. The minimum Gasteiger partial charge on any atom is -0.367 e. The second kappa shape index (κ2) is 6.55. The Kier molecular flexibility index (Phi) is 5.02. The molecule has 0 aliphatic carbocycles. The van der Waals surface area contributed by atoms with Crippen LogP contribution in [0.3, 0.4) is 0 Å². The third-order valence-corrected chi connectivity index (χ3v) is 4.70. The Labute approximate surface area is 127 Å². The summed E-state index contributed by atoms with van der Waals surface area (Å²) in [6.45, 7) is 6.13. The molecule has 2 aromatic rings. The molecule has 0 unspecified atom stereocenters. The quantitative estimate of drug-likeness (QED) is 0.865. The Morgan fingerprint density at radius 2 is 2.16 bits per heavy atom. The minimum absolute atomic E-state index is 0.0517. The largest absolute Gasteiger partial charge is 0.367 e. The molecule has 0 saturated carbocycles. The van der Waals surface area contributed by atoms with Crippen molar-refractivity contribution in [1.82, 2.24) is 0 Å². The van der Waals surface area contributed by atoms with Gasteiger partial charge in [0.15, 0.2) is 0 Å². The number of thiophene rings is 1. The van der Waals surface area contributed by atoms with Crippen molar-refractivity contribution in [2.24, 2.45) is 5.73 Å². The highest BCUT2D eigenvalue weighted by atomic mass is 79.9. The number of nitrogens with zero attached hydrogens (tertiary/aromatic N) is 1. The lowest BCUT2D eigenvalue weighted by Crippen LogP contribution is -2.21. The smallest absolute Gasteiger partial charge is 0.0522 e. The molecule has 1 atom stereocenters. The van der Waals surface area contributed by atoms with E-state index in [1.807, 2.05) is 6.92 Å². The molecular formula is C15H19BrN2S. The van der Waals surface area contributed by atoms with Crippen LogP contribution >= 0.6 is 27.3 Å². The van der Waals surface area contributed by atoms with Gasteiger partial charge in [-0.05, 0) is 43.0 Å². The monoisotopic (exact) mass is 338 g/mol. The topological polar surface area (TPSA) is 29.3 Å². The zero-order chi connectivity index (χ0) is 13.8. The van der Waals surface area contributed by atoms with Gasteiger partial charge in [-0.25, -0.2) is 0 Å². The molecule has 1 aromatic carbocycles. The van der Waals surface area contributed by atoms with Crippen LogP contribution in [0.1, 0.15) is 30.3 Å². The molecule has 0 radical (unpaired) electrons. The van der Waals surface area contributed by atoms with Crippen LogP contribution in [0.15, 0.2) is 40.2 Å². The van der Waals surface area contributed by atoms with E-state index < -0.39 is 0 Å². The number of hydrogen-bond acceptors (Lipinski definition) is 3. The number of halogens is 1. The van der Waals surface area contributed by atoms with Crippen molar-refractivity contribution >= 4 is 33.0 Å². The van der Waals surface area contributed by atoms with E-state index in [0.717, 1.165) is 23.1 Å². The Balaban J connectivity index is 2.21. The van der Waals surface area contributed by atoms with E-state index in [9.17, 15) is 0 Å². The summed E-state index contributed by atoms with van der Waals surface area (Å²) in [5, 5.41) is 2.12. The molecule has 102 valence electrons. The lowest BCUT2D eigenvalue weighted by molar-refractivity contribution is 0.807. The first-order valence-electron chi connectivity index (χ1n) is 6.44. The van der Waals surface area contributed by atoms with E-state index >= 15 is 0 Å². The summed E-state index contributed by atoms with van der Waals surface area (Å²) < 4.78 is 1.09. The first kappa shape index (κ1) is 14.6. The molecule has 0 fully saturated rings. The maximum atomic E-state index is 5.94. The molecule has 0 spiro atoms. The van der Waals surface area contributed by atoms with Crippen molar-refractivity contribution in [3.8, 4) is 0 Å². The van der Waals surface area contributed by atoms with Crippen molar-refractivity contribution in [1.29, 1.82) is 0 Å². The summed E-state index contributed by atoms with van der Waals surface area (Å²) in [7, 11) is 0. The van der Waals surface area contributed by atoms with Crippen LogP contribution in [-0.4, -0.2) is 6.54 Å². The van der Waals surface area contributed by atoms with Gasteiger partial charge in [-0.3, -0.25) is 0 Å². The molecule has 1 aromatic heterocycles. The zero-order valence-electron chi connectivity index (χ0n) is 11.3. The van der Waals surface area contributed by atoms with Gasteiger partial charge in [-0.1, -0.05) is 28.1 Å². The minimum atomic E-state index is 0.0517. The molecule has 19 heavy (non-hydrogen) atoms. The first-order valence-corrected chi connectivity index (χ1v) is 8.11. The summed E-state index contributed by atoms with van der Waals surface area (Å²) >= 11 is 5.42. The molecular weight excluding hydrogens is 320 g/mol. The standard InChI is InChI=1S/C15H19BrN2S/c1-3-18(10-13-5-4-8-19-13)12-6-7-14(11(2)17)15(16)9-12/h4-9,11H,3,10,17H2,1-2H3/t11-/m1/s1. The average molecular weight is 339 g/mol. The van der Waals surface area contributed by atoms with Crippen LogP contribution < -0.4 is 10.6 Å². The van der Waals surface area contributed by atoms with Crippen LogP contribution in [0.25, 0.3) is 0 Å². The maximum Gasteiger partial charge on any atom is 0.0522 e. The SMILES string of the molecule is CCN(Cc1cccs1)c1ccc([C@@H](C)N)c(Br)c1. The van der Waals surface area contributed by atoms with Crippen molar-refractivity contribution < 1.29 is 0 Å². The van der Waals surface area contributed by atoms with Gasteiger partial charge in [0, 0.05) is 27.6 Å². The predicted molar refractivity (Wildman–Crippen MR) is 87.8 cm³/mol. The highest BCUT2D eigenvalue weighted by Crippen LogP contribution is 2.28. The van der Waals surface area contributed by atoms with Crippen LogP contribution in [0.4, 0.5) is 5.69 Å². The van der Waals surface area contributed by atoms with Crippen molar-refractivity contribution in [3.63, 3.8) is 0 Å². The van der Waals surface area contributed by atoms with Crippen molar-refractivity contribution in [2.45, 2.75) is 26.4 Å². The molecule has 0 aliphatic rings. The Morgan fingerprint density at radius 1 is 1.37 bits per heavy atom. The van der Waals surface area contributed by atoms with Crippen LogP contribution in [-0.2, 0) is 6.54 Å². The second-order valence-corrected chi connectivity index (χ2v) is 6.47.